The SMILES string of the molecule is O=C(O)CC1CSCCN1C(=O)c1c[nH]c2ccccc12. The maximum Gasteiger partial charge on any atom is 0.305 e. The number of carboxylic acids is 1. The average molecular weight is 304 g/mol. The van der Waals surface area contributed by atoms with E-state index in [-0.39, 0.29) is 18.4 Å². The molecule has 1 amide bonds. The number of carboxylic acid groups (broad SMARTS) is 1. The first kappa shape index (κ1) is 14.0. The van der Waals surface area contributed by atoms with Gasteiger partial charge in [-0.3, -0.25) is 9.59 Å². The number of aromatic amines is 1. The van der Waals surface area contributed by atoms with Crippen molar-refractivity contribution in [1.82, 2.24) is 9.88 Å². The van der Waals surface area contributed by atoms with E-state index in [1.54, 1.807) is 22.9 Å². The number of rotatable bonds is 3. The molecule has 6 heteroatoms. The zero-order valence-electron chi connectivity index (χ0n) is 11.4. The number of fused-ring (bicyclic) bond motifs is 1. The highest BCUT2D eigenvalue weighted by Crippen LogP contribution is 2.25. The topological polar surface area (TPSA) is 73.4 Å². The molecule has 5 nitrogen and oxygen atoms in total. The maximum absolute atomic E-state index is 12.8. The van der Waals surface area contributed by atoms with Crippen LogP contribution in [-0.2, 0) is 4.79 Å². The van der Waals surface area contributed by atoms with Crippen LogP contribution in [0.4, 0.5) is 0 Å². The number of nitrogens with zero attached hydrogens (tertiary/aromatic N) is 1. The minimum atomic E-state index is -0.862. The zero-order chi connectivity index (χ0) is 14.8. The van der Waals surface area contributed by atoms with Gasteiger partial charge < -0.3 is 15.0 Å². The third-order valence-corrected chi connectivity index (χ3v) is 4.81. The summed E-state index contributed by atoms with van der Waals surface area (Å²) >= 11 is 1.70. The summed E-state index contributed by atoms with van der Waals surface area (Å²) in [6.07, 6.45) is 1.72. The Labute approximate surface area is 126 Å². The van der Waals surface area contributed by atoms with Crippen molar-refractivity contribution in [3.63, 3.8) is 0 Å². The lowest BCUT2D eigenvalue weighted by atomic mass is 10.1. The van der Waals surface area contributed by atoms with Crippen LogP contribution in [-0.4, -0.2) is 51.0 Å². The van der Waals surface area contributed by atoms with Crippen molar-refractivity contribution in [2.45, 2.75) is 12.5 Å². The summed E-state index contributed by atoms with van der Waals surface area (Å²) in [7, 11) is 0. The number of amides is 1. The Kier molecular flexibility index (Phi) is 3.88. The van der Waals surface area contributed by atoms with E-state index in [1.165, 1.54) is 0 Å². The summed E-state index contributed by atoms with van der Waals surface area (Å²) < 4.78 is 0. The molecule has 0 radical (unpaired) electrons. The van der Waals surface area contributed by atoms with E-state index in [0.29, 0.717) is 17.9 Å². The Balaban J connectivity index is 1.90. The summed E-state index contributed by atoms with van der Waals surface area (Å²) in [5, 5.41) is 9.90. The molecule has 1 aliphatic heterocycles. The smallest absolute Gasteiger partial charge is 0.305 e. The molecule has 21 heavy (non-hydrogen) atoms. The summed E-state index contributed by atoms with van der Waals surface area (Å²) in [4.78, 5) is 28.6. The monoisotopic (exact) mass is 304 g/mol. The van der Waals surface area contributed by atoms with Gasteiger partial charge >= 0.3 is 5.97 Å². The highest BCUT2D eigenvalue weighted by atomic mass is 32.2. The molecule has 2 N–H and O–H groups in total. The van der Waals surface area contributed by atoms with Gasteiger partial charge in [0.2, 0.25) is 0 Å². The van der Waals surface area contributed by atoms with E-state index in [4.69, 9.17) is 5.11 Å². The molecule has 2 aromatic rings. The number of benzene rings is 1. The molecule has 1 aromatic heterocycles. The van der Waals surface area contributed by atoms with Crippen LogP contribution in [0.5, 0.6) is 0 Å². The van der Waals surface area contributed by atoms with Crippen LogP contribution < -0.4 is 0 Å². The number of carbonyl (C=O) groups excluding carboxylic acids is 1. The molecule has 110 valence electrons. The average Bonchev–Trinajstić information content (AvgIpc) is 2.90. The van der Waals surface area contributed by atoms with Crippen LogP contribution in [0, 0.1) is 0 Å². The molecule has 0 aliphatic carbocycles. The van der Waals surface area contributed by atoms with E-state index in [0.717, 1.165) is 16.7 Å². The van der Waals surface area contributed by atoms with Crippen LogP contribution in [0.15, 0.2) is 30.5 Å². The second-order valence-electron chi connectivity index (χ2n) is 5.07. The fourth-order valence-electron chi connectivity index (χ4n) is 2.70. The first-order valence-electron chi connectivity index (χ1n) is 6.83. The van der Waals surface area contributed by atoms with Gasteiger partial charge in [-0.25, -0.2) is 0 Å². The third-order valence-electron chi connectivity index (χ3n) is 3.72. The van der Waals surface area contributed by atoms with Gasteiger partial charge in [-0.15, -0.1) is 0 Å². The molecule has 1 atom stereocenters. The second kappa shape index (κ2) is 5.81. The number of hydrogen-bond acceptors (Lipinski definition) is 3. The van der Waals surface area contributed by atoms with Gasteiger partial charge in [0.05, 0.1) is 18.0 Å². The van der Waals surface area contributed by atoms with Gasteiger partial charge in [-0.05, 0) is 6.07 Å². The van der Waals surface area contributed by atoms with E-state index in [1.807, 2.05) is 24.3 Å². The minimum absolute atomic E-state index is 0.00109. The molecule has 0 saturated carbocycles. The lowest BCUT2D eigenvalue weighted by Gasteiger charge is -2.34. The lowest BCUT2D eigenvalue weighted by molar-refractivity contribution is -0.138. The predicted octanol–water partition coefficient (Wildman–Crippen LogP) is 2.20. The number of hydrogen-bond donors (Lipinski definition) is 2. The highest BCUT2D eigenvalue weighted by Gasteiger charge is 2.30. The molecule has 2 heterocycles. The largest absolute Gasteiger partial charge is 0.481 e. The van der Waals surface area contributed by atoms with Crippen molar-refractivity contribution in [2.75, 3.05) is 18.1 Å². The summed E-state index contributed by atoms with van der Waals surface area (Å²) in [6.45, 7) is 0.598. The Morgan fingerprint density at radius 2 is 2.19 bits per heavy atom. The van der Waals surface area contributed by atoms with Crippen molar-refractivity contribution < 1.29 is 14.7 Å². The quantitative estimate of drug-likeness (QED) is 0.911. The molecule has 3 rings (SSSR count). The van der Waals surface area contributed by atoms with Crippen molar-refractivity contribution in [2.24, 2.45) is 0 Å². The van der Waals surface area contributed by atoms with Gasteiger partial charge in [0.15, 0.2) is 0 Å². The Hall–Kier alpha value is -1.95. The number of carbonyl (C=O) groups is 2. The van der Waals surface area contributed by atoms with Crippen molar-refractivity contribution in [3.8, 4) is 0 Å². The summed E-state index contributed by atoms with van der Waals surface area (Å²) in [5.41, 5.74) is 1.54. The van der Waals surface area contributed by atoms with Crippen LogP contribution in [0.3, 0.4) is 0 Å². The van der Waals surface area contributed by atoms with Gasteiger partial charge in [0, 0.05) is 35.2 Å². The van der Waals surface area contributed by atoms with Crippen molar-refractivity contribution in [3.05, 3.63) is 36.0 Å². The Morgan fingerprint density at radius 3 is 3.00 bits per heavy atom. The van der Waals surface area contributed by atoms with Gasteiger partial charge in [0.25, 0.3) is 5.91 Å². The van der Waals surface area contributed by atoms with Crippen LogP contribution in [0.1, 0.15) is 16.8 Å². The minimum Gasteiger partial charge on any atom is -0.481 e. The fraction of sp³-hybridized carbons (Fsp3) is 0.333. The molecule has 1 aliphatic rings. The number of aromatic nitrogens is 1. The first-order valence-corrected chi connectivity index (χ1v) is 7.99. The molecule has 0 bridgehead atoms. The number of para-hydroxylation sites is 1. The molecule has 1 unspecified atom stereocenters. The van der Waals surface area contributed by atoms with Gasteiger partial charge in [-0.2, -0.15) is 11.8 Å². The maximum atomic E-state index is 12.8. The van der Waals surface area contributed by atoms with Crippen LogP contribution in [0.25, 0.3) is 10.9 Å². The molecule has 0 spiro atoms. The molecule has 1 saturated heterocycles. The third kappa shape index (κ3) is 2.76. The first-order chi connectivity index (χ1) is 10.2. The summed E-state index contributed by atoms with van der Waals surface area (Å²) in [6, 6.07) is 7.41. The Morgan fingerprint density at radius 1 is 1.38 bits per heavy atom. The molecule has 1 aromatic carbocycles. The summed E-state index contributed by atoms with van der Waals surface area (Å²) in [5.74, 6) is 0.586. The molecule has 1 fully saturated rings. The number of aliphatic carboxylic acids is 1. The normalized spacial score (nSPS) is 18.9. The number of thioether (sulfide) groups is 1. The number of nitrogens with one attached hydrogen (secondary N) is 1. The van der Waals surface area contributed by atoms with Gasteiger partial charge in [0.1, 0.15) is 0 Å². The number of H-pyrrole nitrogens is 1. The fourth-order valence-corrected chi connectivity index (χ4v) is 3.76. The predicted molar refractivity (Wildman–Crippen MR) is 82.7 cm³/mol. The van der Waals surface area contributed by atoms with E-state index < -0.39 is 5.97 Å². The van der Waals surface area contributed by atoms with Crippen molar-refractivity contribution in [1.29, 1.82) is 0 Å². The highest BCUT2D eigenvalue weighted by molar-refractivity contribution is 7.99. The Bertz CT molecular complexity index is 682. The second-order valence-corrected chi connectivity index (χ2v) is 6.22. The van der Waals surface area contributed by atoms with Crippen LogP contribution >= 0.6 is 11.8 Å². The standard InChI is InChI=1S/C15H16N2O3S/c18-14(19)7-10-9-21-6-5-17(10)15(20)12-8-16-13-4-2-1-3-11(12)13/h1-4,8,10,16H,5-7,9H2,(H,18,19). The van der Waals surface area contributed by atoms with E-state index in [2.05, 4.69) is 4.98 Å². The van der Waals surface area contributed by atoms with E-state index in [9.17, 15) is 9.59 Å². The molecular formula is C15H16N2O3S. The van der Waals surface area contributed by atoms with E-state index >= 15 is 0 Å². The van der Waals surface area contributed by atoms with Crippen molar-refractivity contribution >= 4 is 34.5 Å². The van der Waals surface area contributed by atoms with Crippen LogP contribution in [0.2, 0.25) is 0 Å². The lowest BCUT2D eigenvalue weighted by Crippen LogP contribution is -2.47. The molecular weight excluding hydrogens is 288 g/mol. The van der Waals surface area contributed by atoms with Gasteiger partial charge in [-0.1, -0.05) is 18.2 Å². The zero-order valence-corrected chi connectivity index (χ0v) is 12.2.